The molecule has 1 heterocycles. The van der Waals surface area contributed by atoms with E-state index >= 15 is 0 Å². The lowest BCUT2D eigenvalue weighted by molar-refractivity contribution is -0.147. The fourth-order valence-electron chi connectivity index (χ4n) is 6.24. The average Bonchev–Trinajstić information content (AvgIpc) is 2.82. The van der Waals surface area contributed by atoms with Crippen LogP contribution in [-0.2, 0) is 10.3 Å². The van der Waals surface area contributed by atoms with Gasteiger partial charge in [-0.1, -0.05) is 91.0 Å². The van der Waals surface area contributed by atoms with E-state index in [0.29, 0.717) is 0 Å². The highest BCUT2D eigenvalue weighted by molar-refractivity contribution is 6.27. The highest BCUT2D eigenvalue weighted by Gasteiger charge is 2.49. The molecule has 3 aromatic rings. The summed E-state index contributed by atoms with van der Waals surface area (Å²) in [7, 11) is 0. The summed E-state index contributed by atoms with van der Waals surface area (Å²) in [5.74, 6) is 0.00277. The molecule has 0 atom stereocenters. The van der Waals surface area contributed by atoms with Crippen molar-refractivity contribution in [1.82, 2.24) is 10.2 Å². The fourth-order valence-corrected chi connectivity index (χ4v) is 6.36. The maximum atomic E-state index is 12.8. The first-order valence-corrected chi connectivity index (χ1v) is 12.6. The number of nitrogens with zero attached hydrogens (tertiary/aromatic N) is 1. The molecule has 4 rings (SSSR count). The molecule has 1 saturated heterocycles. The van der Waals surface area contributed by atoms with Gasteiger partial charge in [-0.25, -0.2) is 0 Å². The molecule has 1 aliphatic heterocycles. The summed E-state index contributed by atoms with van der Waals surface area (Å²) in [5.41, 5.74) is 2.40. The topological polar surface area (TPSA) is 32.3 Å². The quantitative estimate of drug-likeness (QED) is 0.333. The normalized spacial score (nSPS) is 18.0. The minimum atomic E-state index is -0.529. The summed E-state index contributed by atoms with van der Waals surface area (Å²) in [5, 5.41) is 4.14. The Morgan fingerprint density at radius 3 is 1.47 bits per heavy atom. The van der Waals surface area contributed by atoms with Gasteiger partial charge in [-0.05, 0) is 57.2 Å². The van der Waals surface area contributed by atoms with Crippen LogP contribution in [0.15, 0.2) is 91.0 Å². The van der Waals surface area contributed by atoms with Crippen LogP contribution in [0.5, 0.6) is 0 Å². The first-order chi connectivity index (χ1) is 16.2. The molecular weight excluding hydrogens is 440 g/mol. The van der Waals surface area contributed by atoms with Crippen LogP contribution in [0.1, 0.15) is 57.2 Å². The van der Waals surface area contributed by atoms with Crippen LogP contribution in [0.2, 0.25) is 0 Å². The zero-order valence-electron chi connectivity index (χ0n) is 20.6. The largest absolute Gasteiger partial charge is 0.331 e. The van der Waals surface area contributed by atoms with Gasteiger partial charge in [0.15, 0.2) is 0 Å². The van der Waals surface area contributed by atoms with Crippen LogP contribution >= 0.6 is 11.6 Å². The molecule has 4 heteroatoms. The van der Waals surface area contributed by atoms with Gasteiger partial charge in [0.1, 0.15) is 5.88 Å². The third kappa shape index (κ3) is 4.52. The molecule has 0 spiro atoms. The third-order valence-electron chi connectivity index (χ3n) is 7.11. The Morgan fingerprint density at radius 2 is 1.15 bits per heavy atom. The third-order valence-corrected chi connectivity index (χ3v) is 7.34. The fraction of sp³-hybridized carbons (Fsp3) is 0.367. The Bertz CT molecular complexity index is 982. The number of carbonyl (C=O) groups is 1. The summed E-state index contributed by atoms with van der Waals surface area (Å²) in [6.07, 6.45) is 1.65. The van der Waals surface area contributed by atoms with Crippen molar-refractivity contribution >= 4 is 17.5 Å². The maximum absolute atomic E-state index is 12.8. The second kappa shape index (κ2) is 9.56. The number of piperidine rings is 1. The highest BCUT2D eigenvalue weighted by atomic mass is 35.5. The number of rotatable bonds is 6. The molecule has 0 unspecified atom stereocenters. The molecule has 0 aliphatic carbocycles. The van der Waals surface area contributed by atoms with Crippen molar-refractivity contribution < 1.29 is 4.79 Å². The van der Waals surface area contributed by atoms with E-state index in [0.717, 1.165) is 12.8 Å². The minimum Gasteiger partial charge on any atom is -0.331 e. The number of halogens is 1. The van der Waals surface area contributed by atoms with Crippen LogP contribution in [0.3, 0.4) is 0 Å². The van der Waals surface area contributed by atoms with Crippen LogP contribution in [0.25, 0.3) is 0 Å². The second-order valence-corrected chi connectivity index (χ2v) is 10.9. The summed E-state index contributed by atoms with van der Waals surface area (Å²) in [6, 6.07) is 32.2. The van der Waals surface area contributed by atoms with Gasteiger partial charge >= 0.3 is 0 Å². The molecule has 3 nitrogen and oxygen atoms in total. The summed E-state index contributed by atoms with van der Waals surface area (Å²) >= 11 is 6.02. The molecule has 34 heavy (non-hydrogen) atoms. The standard InChI is InChI=1S/C30H35ClN2O/c1-28(2)20-26(21-29(3,4)33(28)27(34)22-31)32-30(23-14-8-5-9-15-23,24-16-10-6-11-17-24)25-18-12-7-13-19-25/h5-19,26,32H,20-22H2,1-4H3. The Kier molecular flexibility index (Phi) is 6.89. The van der Waals surface area contributed by atoms with E-state index in [-0.39, 0.29) is 28.9 Å². The summed E-state index contributed by atoms with van der Waals surface area (Å²) in [6.45, 7) is 8.62. The van der Waals surface area contributed by atoms with Crippen molar-refractivity contribution in [3.05, 3.63) is 108 Å². The van der Waals surface area contributed by atoms with E-state index in [1.54, 1.807) is 0 Å². The Balaban J connectivity index is 1.86. The van der Waals surface area contributed by atoms with Crippen molar-refractivity contribution in [2.45, 2.75) is 63.2 Å². The molecule has 1 aliphatic rings. The number of alkyl halides is 1. The lowest BCUT2D eigenvalue weighted by Gasteiger charge is -2.56. The lowest BCUT2D eigenvalue weighted by atomic mass is 9.72. The highest BCUT2D eigenvalue weighted by Crippen LogP contribution is 2.43. The van der Waals surface area contributed by atoms with E-state index < -0.39 is 5.54 Å². The summed E-state index contributed by atoms with van der Waals surface area (Å²) in [4.78, 5) is 14.8. The molecule has 1 fully saturated rings. The van der Waals surface area contributed by atoms with E-state index in [2.05, 4.69) is 124 Å². The minimum absolute atomic E-state index is 0.00411. The molecular formula is C30H35ClN2O. The van der Waals surface area contributed by atoms with Crippen molar-refractivity contribution in [3.63, 3.8) is 0 Å². The van der Waals surface area contributed by atoms with Crippen LogP contribution in [-0.4, -0.2) is 33.8 Å². The van der Waals surface area contributed by atoms with Crippen molar-refractivity contribution in [2.75, 3.05) is 5.88 Å². The van der Waals surface area contributed by atoms with Gasteiger partial charge in [0.05, 0.1) is 5.54 Å². The van der Waals surface area contributed by atoms with Crippen molar-refractivity contribution in [3.8, 4) is 0 Å². The van der Waals surface area contributed by atoms with Gasteiger partial charge in [0, 0.05) is 17.1 Å². The first kappa shape index (κ1) is 24.5. The second-order valence-electron chi connectivity index (χ2n) is 10.6. The van der Waals surface area contributed by atoms with E-state index in [1.807, 2.05) is 4.90 Å². The van der Waals surface area contributed by atoms with Gasteiger partial charge in [0.25, 0.3) is 0 Å². The molecule has 1 amide bonds. The average molecular weight is 475 g/mol. The number of likely N-dealkylation sites (tertiary alicyclic amines) is 1. The lowest BCUT2D eigenvalue weighted by Crippen LogP contribution is -2.67. The molecule has 178 valence electrons. The first-order valence-electron chi connectivity index (χ1n) is 12.0. The maximum Gasteiger partial charge on any atom is 0.238 e. The predicted molar refractivity (Wildman–Crippen MR) is 141 cm³/mol. The molecule has 0 saturated carbocycles. The van der Waals surface area contributed by atoms with Crippen LogP contribution in [0, 0.1) is 0 Å². The Labute approximate surface area is 209 Å². The van der Waals surface area contributed by atoms with E-state index in [9.17, 15) is 4.79 Å². The zero-order valence-corrected chi connectivity index (χ0v) is 21.3. The number of amides is 1. The van der Waals surface area contributed by atoms with Crippen molar-refractivity contribution in [1.29, 1.82) is 0 Å². The Morgan fingerprint density at radius 1 is 0.794 bits per heavy atom. The van der Waals surface area contributed by atoms with Crippen LogP contribution < -0.4 is 5.32 Å². The molecule has 1 N–H and O–H groups in total. The van der Waals surface area contributed by atoms with Gasteiger partial charge in [0.2, 0.25) is 5.91 Å². The number of hydrogen-bond acceptors (Lipinski definition) is 2. The smallest absolute Gasteiger partial charge is 0.238 e. The van der Waals surface area contributed by atoms with E-state index in [4.69, 9.17) is 11.6 Å². The van der Waals surface area contributed by atoms with Gasteiger partial charge in [-0.15, -0.1) is 11.6 Å². The van der Waals surface area contributed by atoms with Crippen LogP contribution in [0.4, 0.5) is 0 Å². The molecule has 0 bridgehead atoms. The van der Waals surface area contributed by atoms with Crippen molar-refractivity contribution in [2.24, 2.45) is 0 Å². The SMILES string of the molecule is CC1(C)CC(NC(c2ccccc2)(c2ccccc2)c2ccccc2)CC(C)(C)N1C(=O)CCl. The monoisotopic (exact) mass is 474 g/mol. The van der Waals surface area contributed by atoms with E-state index in [1.165, 1.54) is 16.7 Å². The number of carbonyl (C=O) groups excluding carboxylic acids is 1. The number of benzene rings is 3. The zero-order chi connectivity index (χ0) is 24.4. The molecule has 3 aromatic carbocycles. The van der Waals surface area contributed by atoms with Gasteiger partial charge < -0.3 is 4.90 Å². The predicted octanol–water partition coefficient (Wildman–Crippen LogP) is 6.36. The summed E-state index contributed by atoms with van der Waals surface area (Å²) < 4.78 is 0. The number of nitrogens with one attached hydrogen (secondary N) is 1. The van der Waals surface area contributed by atoms with Gasteiger partial charge in [-0.2, -0.15) is 0 Å². The number of hydrogen-bond donors (Lipinski definition) is 1. The molecule has 0 aromatic heterocycles. The Hall–Kier alpha value is -2.62. The van der Waals surface area contributed by atoms with Gasteiger partial charge in [-0.3, -0.25) is 10.1 Å². The molecule has 0 radical (unpaired) electrons.